The molecule has 0 saturated heterocycles. The van der Waals surface area contributed by atoms with Gasteiger partial charge in [-0.3, -0.25) is 0 Å². The van der Waals surface area contributed by atoms with Gasteiger partial charge in [-0.15, -0.1) is 0 Å². The Labute approximate surface area is 106 Å². The summed E-state index contributed by atoms with van der Waals surface area (Å²) in [6, 6.07) is 3.17. The second-order valence-corrected chi connectivity index (χ2v) is 5.43. The molecule has 2 aliphatic carbocycles. The van der Waals surface area contributed by atoms with E-state index in [1.165, 1.54) is 37.9 Å². The van der Waals surface area contributed by atoms with Gasteiger partial charge < -0.3 is 9.84 Å². The first-order valence-electron chi connectivity index (χ1n) is 6.54. The van der Waals surface area contributed by atoms with Gasteiger partial charge in [-0.2, -0.15) is 0 Å². The molecule has 3 unspecified atom stereocenters. The molecule has 2 aliphatic rings. The minimum Gasteiger partial charge on any atom is -0.492 e. The largest absolute Gasteiger partial charge is 0.492 e. The number of aromatic nitrogens is 1. The number of nitrogens with zero attached hydrogens (tertiary/aromatic N) is 1. The van der Waals surface area contributed by atoms with Crippen molar-refractivity contribution in [3.8, 4) is 5.75 Å². The van der Waals surface area contributed by atoms with E-state index in [9.17, 15) is 4.79 Å². The van der Waals surface area contributed by atoms with Gasteiger partial charge in [0.25, 0.3) is 0 Å². The maximum atomic E-state index is 10.7. The zero-order chi connectivity index (χ0) is 12.5. The Bertz CT molecular complexity index is 443. The van der Waals surface area contributed by atoms with E-state index in [1.54, 1.807) is 6.07 Å². The minimum absolute atomic E-state index is 0.0577. The van der Waals surface area contributed by atoms with Crippen LogP contribution in [0.25, 0.3) is 0 Å². The summed E-state index contributed by atoms with van der Waals surface area (Å²) in [6.07, 6.45) is 6.93. The summed E-state index contributed by atoms with van der Waals surface area (Å²) in [5.41, 5.74) is 0.0577. The highest BCUT2D eigenvalue weighted by Gasteiger charge is 2.39. The molecule has 2 fully saturated rings. The lowest BCUT2D eigenvalue weighted by Crippen LogP contribution is -2.18. The smallest absolute Gasteiger partial charge is 0.354 e. The summed E-state index contributed by atoms with van der Waals surface area (Å²) in [5, 5.41) is 8.75. The average molecular weight is 247 g/mol. The Hall–Kier alpha value is -1.58. The molecule has 3 rings (SSSR count). The Morgan fingerprint density at radius 1 is 1.39 bits per heavy atom. The van der Waals surface area contributed by atoms with Crippen LogP contribution < -0.4 is 4.74 Å². The van der Waals surface area contributed by atoms with Crippen LogP contribution in [0.4, 0.5) is 0 Å². The third kappa shape index (κ3) is 2.19. The van der Waals surface area contributed by atoms with Crippen molar-refractivity contribution in [2.45, 2.75) is 25.7 Å². The summed E-state index contributed by atoms with van der Waals surface area (Å²) in [4.78, 5) is 14.5. The van der Waals surface area contributed by atoms with Crippen LogP contribution in [0.15, 0.2) is 18.3 Å². The zero-order valence-corrected chi connectivity index (χ0v) is 10.2. The number of hydrogen-bond donors (Lipinski definition) is 1. The van der Waals surface area contributed by atoms with Crippen LogP contribution in [0.3, 0.4) is 0 Å². The van der Waals surface area contributed by atoms with Crippen LogP contribution in [0.1, 0.15) is 36.2 Å². The fourth-order valence-corrected chi connectivity index (χ4v) is 3.38. The number of fused-ring (bicyclic) bond motifs is 2. The molecule has 1 heterocycles. The minimum atomic E-state index is -1.00. The Morgan fingerprint density at radius 2 is 2.28 bits per heavy atom. The predicted octanol–water partition coefficient (Wildman–Crippen LogP) is 2.59. The van der Waals surface area contributed by atoms with E-state index in [1.807, 2.05) is 0 Å². The van der Waals surface area contributed by atoms with E-state index in [-0.39, 0.29) is 5.69 Å². The molecule has 1 aromatic rings. The number of carbonyl (C=O) groups is 1. The molecule has 0 aromatic carbocycles. The Morgan fingerprint density at radius 3 is 2.83 bits per heavy atom. The first-order chi connectivity index (χ1) is 8.72. The molecule has 4 nitrogen and oxygen atoms in total. The van der Waals surface area contributed by atoms with Gasteiger partial charge in [-0.05, 0) is 49.1 Å². The van der Waals surface area contributed by atoms with Crippen molar-refractivity contribution in [2.24, 2.45) is 17.8 Å². The lowest BCUT2D eigenvalue weighted by atomic mass is 9.90. The first kappa shape index (κ1) is 11.5. The lowest BCUT2D eigenvalue weighted by molar-refractivity contribution is 0.0690. The van der Waals surface area contributed by atoms with E-state index in [0.717, 1.165) is 18.4 Å². The van der Waals surface area contributed by atoms with E-state index in [4.69, 9.17) is 9.84 Å². The number of hydrogen-bond acceptors (Lipinski definition) is 3. The number of pyridine rings is 1. The highest BCUT2D eigenvalue weighted by Crippen LogP contribution is 2.48. The number of ether oxygens (including phenoxy) is 1. The Balaban J connectivity index is 1.55. The maximum Gasteiger partial charge on any atom is 0.354 e. The molecule has 0 amide bonds. The lowest BCUT2D eigenvalue weighted by Gasteiger charge is -2.21. The number of aromatic carboxylic acids is 1. The molecule has 1 N–H and O–H groups in total. The number of carboxylic acids is 1. The van der Waals surface area contributed by atoms with Gasteiger partial charge in [-0.1, -0.05) is 6.42 Å². The molecule has 0 radical (unpaired) electrons. The van der Waals surface area contributed by atoms with Gasteiger partial charge >= 0.3 is 5.97 Å². The van der Waals surface area contributed by atoms with E-state index in [0.29, 0.717) is 11.7 Å². The van der Waals surface area contributed by atoms with Crippen LogP contribution in [-0.2, 0) is 0 Å². The van der Waals surface area contributed by atoms with E-state index in [2.05, 4.69) is 4.98 Å². The van der Waals surface area contributed by atoms with Crippen LogP contribution in [-0.4, -0.2) is 22.7 Å². The van der Waals surface area contributed by atoms with E-state index >= 15 is 0 Å². The average Bonchev–Trinajstić information content (AvgIpc) is 2.99. The molecule has 4 heteroatoms. The third-order valence-electron chi connectivity index (χ3n) is 4.30. The molecule has 2 saturated carbocycles. The van der Waals surface area contributed by atoms with Crippen LogP contribution in [0, 0.1) is 17.8 Å². The normalized spacial score (nSPS) is 29.4. The SMILES string of the molecule is O=C(O)c1ccc(OCC2CC3CCC2C3)cn1. The van der Waals surface area contributed by atoms with Crippen molar-refractivity contribution in [3.05, 3.63) is 24.0 Å². The molecule has 0 spiro atoms. The fraction of sp³-hybridized carbons (Fsp3) is 0.571. The first-order valence-corrected chi connectivity index (χ1v) is 6.54. The van der Waals surface area contributed by atoms with Gasteiger partial charge in [0.2, 0.25) is 0 Å². The molecule has 2 bridgehead atoms. The number of carboxylic acid groups (broad SMARTS) is 1. The molecule has 0 aliphatic heterocycles. The molecular formula is C14H17NO3. The van der Waals surface area contributed by atoms with Crippen molar-refractivity contribution in [1.82, 2.24) is 4.98 Å². The number of rotatable bonds is 4. The summed E-state index contributed by atoms with van der Waals surface area (Å²) in [5.74, 6) is 2.12. The van der Waals surface area contributed by atoms with Crippen molar-refractivity contribution in [3.63, 3.8) is 0 Å². The highest BCUT2D eigenvalue weighted by atomic mass is 16.5. The van der Waals surface area contributed by atoms with Gasteiger partial charge in [-0.25, -0.2) is 9.78 Å². The second-order valence-electron chi connectivity index (χ2n) is 5.43. The summed E-state index contributed by atoms with van der Waals surface area (Å²) < 4.78 is 5.72. The predicted molar refractivity (Wildman–Crippen MR) is 65.6 cm³/mol. The van der Waals surface area contributed by atoms with Crippen molar-refractivity contribution >= 4 is 5.97 Å². The van der Waals surface area contributed by atoms with E-state index < -0.39 is 5.97 Å². The molecule has 1 aromatic heterocycles. The van der Waals surface area contributed by atoms with Gasteiger partial charge in [0, 0.05) is 0 Å². The standard InChI is InChI=1S/C14H17NO3/c16-14(17)13-4-3-12(7-15-13)18-8-11-6-9-1-2-10(11)5-9/h3-4,7,9-11H,1-2,5-6,8H2,(H,16,17). The molecule has 18 heavy (non-hydrogen) atoms. The maximum absolute atomic E-state index is 10.7. The quantitative estimate of drug-likeness (QED) is 0.888. The van der Waals surface area contributed by atoms with Crippen LogP contribution >= 0.6 is 0 Å². The molecule has 96 valence electrons. The monoisotopic (exact) mass is 247 g/mol. The topological polar surface area (TPSA) is 59.4 Å². The van der Waals surface area contributed by atoms with Crippen LogP contribution in [0.5, 0.6) is 5.75 Å². The third-order valence-corrected chi connectivity index (χ3v) is 4.30. The van der Waals surface area contributed by atoms with Gasteiger partial charge in [0.05, 0.1) is 12.8 Å². The fourth-order valence-electron chi connectivity index (χ4n) is 3.38. The molecule has 3 atom stereocenters. The summed E-state index contributed by atoms with van der Waals surface area (Å²) in [7, 11) is 0. The van der Waals surface area contributed by atoms with Crippen molar-refractivity contribution in [2.75, 3.05) is 6.61 Å². The summed E-state index contributed by atoms with van der Waals surface area (Å²) >= 11 is 0. The van der Waals surface area contributed by atoms with Gasteiger partial charge in [0.15, 0.2) is 0 Å². The second kappa shape index (κ2) is 4.59. The molecular weight excluding hydrogens is 230 g/mol. The van der Waals surface area contributed by atoms with Gasteiger partial charge in [0.1, 0.15) is 11.4 Å². The zero-order valence-electron chi connectivity index (χ0n) is 10.2. The highest BCUT2D eigenvalue weighted by molar-refractivity contribution is 5.85. The van der Waals surface area contributed by atoms with Crippen LogP contribution in [0.2, 0.25) is 0 Å². The van der Waals surface area contributed by atoms with Crippen molar-refractivity contribution in [1.29, 1.82) is 0 Å². The Kier molecular flexibility index (Phi) is 2.94. The van der Waals surface area contributed by atoms with Crippen molar-refractivity contribution < 1.29 is 14.6 Å². The summed E-state index contributed by atoms with van der Waals surface area (Å²) in [6.45, 7) is 0.745.